The quantitative estimate of drug-likeness (QED) is 0.504. The highest BCUT2D eigenvalue weighted by Crippen LogP contribution is 2.44. The van der Waals surface area contributed by atoms with Gasteiger partial charge in [0.05, 0.1) is 19.6 Å². The van der Waals surface area contributed by atoms with Crippen molar-refractivity contribution in [3.8, 4) is 11.1 Å². The van der Waals surface area contributed by atoms with Crippen molar-refractivity contribution in [3.63, 3.8) is 0 Å². The van der Waals surface area contributed by atoms with Gasteiger partial charge in [-0.1, -0.05) is 53.7 Å². The summed E-state index contributed by atoms with van der Waals surface area (Å²) in [6.45, 7) is -0.658. The molecule has 1 fully saturated rings. The molecule has 0 atom stereocenters. The Labute approximate surface area is 193 Å². The Morgan fingerprint density at radius 3 is 2.32 bits per heavy atom. The molecule has 1 aromatic heterocycles. The van der Waals surface area contributed by atoms with Crippen LogP contribution in [0.1, 0.15) is 33.1 Å². The van der Waals surface area contributed by atoms with E-state index in [2.05, 4.69) is 10.5 Å². The molecule has 2 heterocycles. The van der Waals surface area contributed by atoms with E-state index in [0.717, 1.165) is 33.4 Å². The fourth-order valence-electron chi connectivity index (χ4n) is 4.40. The molecule has 1 aliphatic carbocycles. The Hall–Kier alpha value is -4.18. The van der Waals surface area contributed by atoms with E-state index in [9.17, 15) is 19.5 Å². The van der Waals surface area contributed by atoms with E-state index in [1.807, 2.05) is 48.5 Å². The number of carbonyl (C=O) groups excluding carboxylic acids is 2. The van der Waals surface area contributed by atoms with Crippen LogP contribution in [0.3, 0.4) is 0 Å². The van der Waals surface area contributed by atoms with E-state index in [4.69, 9.17) is 14.4 Å². The van der Waals surface area contributed by atoms with Gasteiger partial charge in [0.1, 0.15) is 24.1 Å². The number of ether oxygens (including phenoxy) is 1. The number of benzene rings is 2. The highest BCUT2D eigenvalue weighted by molar-refractivity contribution is 5.97. The average molecular weight is 463 g/mol. The van der Waals surface area contributed by atoms with Crippen molar-refractivity contribution in [1.82, 2.24) is 15.4 Å². The maximum Gasteiger partial charge on any atom is 0.407 e. The number of fused-ring (bicyclic) bond motifs is 3. The van der Waals surface area contributed by atoms with Gasteiger partial charge >= 0.3 is 12.1 Å². The number of aromatic nitrogens is 1. The standard InChI is InChI=1S/C24H21N3O7/c28-21(27-12-24(32,13-27)22(29)30)19-11-34-26-20(19)9-25-23(31)33-10-18-16-7-3-1-5-14(16)15-6-2-4-8-17(15)18/h1-8,11,18,32H,9-10,12-13H2,(H,25,31)(H,29,30). The molecule has 0 unspecified atom stereocenters. The number of nitrogens with zero attached hydrogens (tertiary/aromatic N) is 2. The van der Waals surface area contributed by atoms with Crippen LogP contribution in [-0.4, -0.2) is 63.5 Å². The summed E-state index contributed by atoms with van der Waals surface area (Å²) in [5, 5.41) is 25.1. The second-order valence-corrected chi connectivity index (χ2v) is 8.35. The van der Waals surface area contributed by atoms with Gasteiger partial charge in [0.2, 0.25) is 0 Å². The number of hydrogen-bond acceptors (Lipinski definition) is 7. The molecule has 3 N–H and O–H groups in total. The highest BCUT2D eigenvalue weighted by atomic mass is 16.5. The number of amides is 2. The number of carboxylic acids is 1. The summed E-state index contributed by atoms with van der Waals surface area (Å²) in [6.07, 6.45) is 0.447. The molecule has 0 bridgehead atoms. The predicted molar refractivity (Wildman–Crippen MR) is 117 cm³/mol. The first-order chi connectivity index (χ1) is 16.4. The summed E-state index contributed by atoms with van der Waals surface area (Å²) >= 11 is 0. The fourth-order valence-corrected chi connectivity index (χ4v) is 4.40. The van der Waals surface area contributed by atoms with Gasteiger partial charge in [-0.05, 0) is 22.3 Å². The highest BCUT2D eigenvalue weighted by Gasteiger charge is 2.50. The third-order valence-corrected chi connectivity index (χ3v) is 6.21. The van der Waals surface area contributed by atoms with Crippen LogP contribution in [0.15, 0.2) is 59.3 Å². The smallest absolute Gasteiger partial charge is 0.407 e. The van der Waals surface area contributed by atoms with Gasteiger partial charge in [-0.25, -0.2) is 9.59 Å². The molecule has 0 spiro atoms. The van der Waals surface area contributed by atoms with Crippen molar-refractivity contribution < 1.29 is 33.9 Å². The van der Waals surface area contributed by atoms with Crippen LogP contribution in [-0.2, 0) is 16.1 Å². The van der Waals surface area contributed by atoms with Crippen molar-refractivity contribution in [3.05, 3.63) is 77.2 Å². The second-order valence-electron chi connectivity index (χ2n) is 8.35. The summed E-state index contributed by atoms with van der Waals surface area (Å²) in [5.41, 5.74) is 2.73. The van der Waals surface area contributed by atoms with Gasteiger partial charge in [0.15, 0.2) is 5.60 Å². The van der Waals surface area contributed by atoms with Crippen LogP contribution in [0.5, 0.6) is 0 Å². The second kappa shape index (κ2) is 8.31. The van der Waals surface area contributed by atoms with Gasteiger partial charge in [-0.3, -0.25) is 4.79 Å². The molecule has 34 heavy (non-hydrogen) atoms. The van der Waals surface area contributed by atoms with Crippen molar-refractivity contribution in [1.29, 1.82) is 0 Å². The van der Waals surface area contributed by atoms with Crippen LogP contribution in [0, 0.1) is 0 Å². The SMILES string of the molecule is O=C(NCc1nocc1C(=O)N1CC(O)(C(=O)O)C1)OCC1c2ccccc2-c2ccccc21. The van der Waals surface area contributed by atoms with E-state index in [1.54, 1.807) is 0 Å². The number of carboxylic acid groups (broad SMARTS) is 1. The summed E-state index contributed by atoms with van der Waals surface area (Å²) in [4.78, 5) is 37.1. The van der Waals surface area contributed by atoms with E-state index in [0.29, 0.717) is 0 Å². The van der Waals surface area contributed by atoms with Crippen LogP contribution in [0.25, 0.3) is 11.1 Å². The molecule has 10 heteroatoms. The molecule has 2 aliphatic rings. The third kappa shape index (κ3) is 3.67. The Balaban J connectivity index is 1.18. The molecule has 3 aromatic rings. The zero-order valence-electron chi connectivity index (χ0n) is 17.9. The van der Waals surface area contributed by atoms with Crippen LogP contribution in [0.2, 0.25) is 0 Å². The monoisotopic (exact) mass is 463 g/mol. The van der Waals surface area contributed by atoms with Gasteiger partial charge in [-0.2, -0.15) is 0 Å². The third-order valence-electron chi connectivity index (χ3n) is 6.21. The number of likely N-dealkylation sites (tertiary alicyclic amines) is 1. The number of β-amino-alcohol motifs (C(OH)–C–C–N with tert-alkyl or cyclic N) is 1. The van der Waals surface area contributed by atoms with Crippen LogP contribution < -0.4 is 5.32 Å². The van der Waals surface area contributed by atoms with E-state index >= 15 is 0 Å². The molecular formula is C24H21N3O7. The first kappa shape index (κ1) is 21.7. The van der Waals surface area contributed by atoms with Gasteiger partial charge < -0.3 is 29.7 Å². The molecule has 0 radical (unpaired) electrons. The Morgan fingerprint density at radius 1 is 1.09 bits per heavy atom. The van der Waals surface area contributed by atoms with Gasteiger partial charge in [-0.15, -0.1) is 0 Å². The number of rotatable bonds is 6. The lowest BCUT2D eigenvalue weighted by atomic mass is 9.93. The molecule has 1 aliphatic heterocycles. The molecule has 5 rings (SSSR count). The number of alkyl carbamates (subject to hydrolysis) is 1. The van der Waals surface area contributed by atoms with E-state index in [-0.39, 0.29) is 43.4 Å². The topological polar surface area (TPSA) is 142 Å². The Kier molecular flexibility index (Phi) is 5.29. The predicted octanol–water partition coefficient (Wildman–Crippen LogP) is 1.98. The number of hydrogen-bond donors (Lipinski definition) is 3. The summed E-state index contributed by atoms with van der Waals surface area (Å²) in [6, 6.07) is 16.0. The van der Waals surface area contributed by atoms with Crippen molar-refractivity contribution in [2.75, 3.05) is 19.7 Å². The lowest BCUT2D eigenvalue weighted by Gasteiger charge is -2.43. The lowest BCUT2D eigenvalue weighted by Crippen LogP contribution is -2.67. The number of nitrogens with one attached hydrogen (secondary N) is 1. The lowest BCUT2D eigenvalue weighted by molar-refractivity contribution is -0.173. The average Bonchev–Trinajstić information content (AvgIpc) is 3.41. The molecule has 2 amide bonds. The van der Waals surface area contributed by atoms with E-state index in [1.165, 1.54) is 0 Å². The van der Waals surface area contributed by atoms with Gasteiger partial charge in [0.25, 0.3) is 5.91 Å². The summed E-state index contributed by atoms with van der Waals surface area (Å²) < 4.78 is 10.3. The normalized spacial score (nSPS) is 15.7. The first-order valence-corrected chi connectivity index (χ1v) is 10.6. The largest absolute Gasteiger partial charge is 0.479 e. The minimum absolute atomic E-state index is 0.0754. The first-order valence-electron chi connectivity index (χ1n) is 10.6. The maximum absolute atomic E-state index is 12.6. The van der Waals surface area contributed by atoms with Crippen molar-refractivity contribution in [2.24, 2.45) is 0 Å². The molecule has 174 valence electrons. The maximum atomic E-state index is 12.6. The molecule has 2 aromatic carbocycles. The van der Waals surface area contributed by atoms with Crippen LogP contribution in [0.4, 0.5) is 4.79 Å². The minimum Gasteiger partial charge on any atom is -0.479 e. The van der Waals surface area contributed by atoms with Gasteiger partial charge in [0, 0.05) is 5.92 Å². The van der Waals surface area contributed by atoms with Crippen LogP contribution >= 0.6 is 0 Å². The zero-order valence-corrected chi connectivity index (χ0v) is 17.9. The molecular weight excluding hydrogens is 442 g/mol. The molecule has 0 saturated carbocycles. The fraction of sp³-hybridized carbons (Fsp3) is 0.250. The molecule has 10 nitrogen and oxygen atoms in total. The van der Waals surface area contributed by atoms with E-state index < -0.39 is 23.6 Å². The number of carbonyl (C=O) groups is 3. The summed E-state index contributed by atoms with van der Waals surface area (Å²) in [7, 11) is 0. The minimum atomic E-state index is -1.95. The molecule has 1 saturated heterocycles. The van der Waals surface area contributed by atoms with Crippen molar-refractivity contribution in [2.45, 2.75) is 18.1 Å². The van der Waals surface area contributed by atoms with Crippen molar-refractivity contribution >= 4 is 18.0 Å². The zero-order chi connectivity index (χ0) is 23.9. The number of aliphatic hydroxyl groups is 1. The summed E-state index contributed by atoms with van der Waals surface area (Å²) in [5.74, 6) is -2.02. The number of aliphatic carboxylic acids is 1. The Bertz CT molecular complexity index is 1230. The Morgan fingerprint density at radius 2 is 1.71 bits per heavy atom.